The van der Waals surface area contributed by atoms with Crippen LogP contribution in [0.2, 0.25) is 0 Å². The van der Waals surface area contributed by atoms with Crippen molar-refractivity contribution in [3.63, 3.8) is 0 Å². The molecule has 1 heterocycles. The first-order chi connectivity index (χ1) is 8.33. The first kappa shape index (κ1) is 10.9. The summed E-state index contributed by atoms with van der Waals surface area (Å²) in [5.41, 5.74) is 1.11. The second-order valence-corrected chi connectivity index (χ2v) is 5.06. The predicted octanol–water partition coefficient (Wildman–Crippen LogP) is 2.75. The third-order valence-electron chi connectivity index (χ3n) is 3.82. The van der Waals surface area contributed by atoms with Gasteiger partial charge in [0.25, 0.3) is 0 Å². The molecule has 3 nitrogen and oxygen atoms in total. The first-order valence-electron chi connectivity index (χ1n) is 6.55. The Morgan fingerprint density at radius 3 is 2.82 bits per heavy atom. The van der Waals surface area contributed by atoms with E-state index in [1.54, 1.807) is 6.07 Å². The van der Waals surface area contributed by atoms with Gasteiger partial charge >= 0.3 is 0 Å². The summed E-state index contributed by atoms with van der Waals surface area (Å²) < 4.78 is 5.62. The van der Waals surface area contributed by atoms with Gasteiger partial charge in [-0.25, -0.2) is 0 Å². The zero-order valence-corrected chi connectivity index (χ0v) is 9.98. The van der Waals surface area contributed by atoms with E-state index in [1.165, 1.54) is 25.7 Å². The Hall–Kier alpha value is -1.22. The fourth-order valence-corrected chi connectivity index (χ4v) is 2.93. The van der Waals surface area contributed by atoms with Crippen molar-refractivity contribution in [2.75, 3.05) is 6.61 Å². The SMILES string of the molecule is Oc1ccc2c(c1)C(NC1CCCC1)CCO2. The van der Waals surface area contributed by atoms with Gasteiger partial charge in [0.05, 0.1) is 6.61 Å². The fraction of sp³-hybridized carbons (Fsp3) is 0.571. The number of hydrogen-bond donors (Lipinski definition) is 2. The molecule has 3 rings (SSSR count). The third kappa shape index (κ3) is 2.25. The van der Waals surface area contributed by atoms with Crippen LogP contribution in [0.15, 0.2) is 18.2 Å². The van der Waals surface area contributed by atoms with Crippen molar-refractivity contribution in [3.8, 4) is 11.5 Å². The maximum Gasteiger partial charge on any atom is 0.124 e. The Morgan fingerprint density at radius 1 is 1.18 bits per heavy atom. The Bertz CT molecular complexity index is 399. The molecule has 1 aromatic rings. The summed E-state index contributed by atoms with van der Waals surface area (Å²) in [6.07, 6.45) is 6.24. The summed E-state index contributed by atoms with van der Waals surface area (Å²) in [7, 11) is 0. The van der Waals surface area contributed by atoms with E-state index in [0.29, 0.717) is 17.8 Å². The average molecular weight is 233 g/mol. The van der Waals surface area contributed by atoms with Gasteiger partial charge in [-0.1, -0.05) is 12.8 Å². The molecule has 2 aliphatic rings. The minimum absolute atomic E-state index is 0.326. The molecular formula is C14H19NO2. The van der Waals surface area contributed by atoms with E-state index < -0.39 is 0 Å². The molecule has 92 valence electrons. The van der Waals surface area contributed by atoms with Gasteiger partial charge in [0, 0.05) is 24.1 Å². The molecule has 3 heteroatoms. The van der Waals surface area contributed by atoms with Crippen molar-refractivity contribution in [1.29, 1.82) is 0 Å². The van der Waals surface area contributed by atoms with Crippen LogP contribution in [-0.4, -0.2) is 17.8 Å². The standard InChI is InChI=1S/C14H19NO2/c16-11-5-6-14-12(9-11)13(7-8-17-14)15-10-3-1-2-4-10/h5-6,9-10,13,15-16H,1-4,7-8H2. The summed E-state index contributed by atoms with van der Waals surface area (Å²) in [4.78, 5) is 0. The molecular weight excluding hydrogens is 214 g/mol. The molecule has 1 aliphatic carbocycles. The van der Waals surface area contributed by atoms with E-state index >= 15 is 0 Å². The summed E-state index contributed by atoms with van der Waals surface area (Å²) in [5.74, 6) is 1.25. The molecule has 0 saturated heterocycles. The van der Waals surface area contributed by atoms with E-state index in [9.17, 15) is 5.11 Å². The predicted molar refractivity (Wildman–Crippen MR) is 66.4 cm³/mol. The van der Waals surface area contributed by atoms with Crippen LogP contribution < -0.4 is 10.1 Å². The number of rotatable bonds is 2. The maximum atomic E-state index is 9.58. The molecule has 0 radical (unpaired) electrons. The van der Waals surface area contributed by atoms with Crippen LogP contribution >= 0.6 is 0 Å². The summed E-state index contributed by atoms with van der Waals surface area (Å²) in [5, 5.41) is 13.3. The van der Waals surface area contributed by atoms with Gasteiger partial charge in [0.15, 0.2) is 0 Å². The molecule has 1 atom stereocenters. The van der Waals surface area contributed by atoms with Crippen LogP contribution in [0.4, 0.5) is 0 Å². The molecule has 1 unspecified atom stereocenters. The summed E-state index contributed by atoms with van der Waals surface area (Å²) >= 11 is 0. The van der Waals surface area contributed by atoms with Crippen molar-refractivity contribution in [3.05, 3.63) is 23.8 Å². The van der Waals surface area contributed by atoms with E-state index in [-0.39, 0.29) is 0 Å². The Kier molecular flexibility index (Phi) is 2.93. The van der Waals surface area contributed by atoms with Crippen LogP contribution in [-0.2, 0) is 0 Å². The highest BCUT2D eigenvalue weighted by Crippen LogP contribution is 2.35. The normalized spacial score (nSPS) is 24.4. The van der Waals surface area contributed by atoms with Crippen LogP contribution in [0.5, 0.6) is 11.5 Å². The third-order valence-corrected chi connectivity index (χ3v) is 3.82. The number of benzene rings is 1. The molecule has 1 fully saturated rings. The fourth-order valence-electron chi connectivity index (χ4n) is 2.93. The molecule has 0 spiro atoms. The van der Waals surface area contributed by atoms with Crippen molar-refractivity contribution in [1.82, 2.24) is 5.32 Å². The van der Waals surface area contributed by atoms with Crippen molar-refractivity contribution < 1.29 is 9.84 Å². The first-order valence-corrected chi connectivity index (χ1v) is 6.55. The minimum Gasteiger partial charge on any atom is -0.508 e. The lowest BCUT2D eigenvalue weighted by atomic mass is 9.99. The lowest BCUT2D eigenvalue weighted by Crippen LogP contribution is -2.33. The highest BCUT2D eigenvalue weighted by atomic mass is 16.5. The van der Waals surface area contributed by atoms with Crippen LogP contribution in [0.1, 0.15) is 43.7 Å². The van der Waals surface area contributed by atoms with Crippen LogP contribution in [0, 0.1) is 0 Å². The van der Waals surface area contributed by atoms with Gasteiger partial charge in [-0.05, 0) is 31.0 Å². The van der Waals surface area contributed by atoms with Crippen molar-refractivity contribution in [2.24, 2.45) is 0 Å². The molecule has 17 heavy (non-hydrogen) atoms. The van der Waals surface area contributed by atoms with E-state index in [4.69, 9.17) is 4.74 Å². The van der Waals surface area contributed by atoms with Crippen molar-refractivity contribution >= 4 is 0 Å². The Balaban J connectivity index is 1.80. The van der Waals surface area contributed by atoms with Crippen LogP contribution in [0.25, 0.3) is 0 Å². The number of phenols is 1. The van der Waals surface area contributed by atoms with Gasteiger partial charge in [-0.3, -0.25) is 0 Å². The van der Waals surface area contributed by atoms with Crippen molar-refractivity contribution in [2.45, 2.75) is 44.2 Å². The number of fused-ring (bicyclic) bond motifs is 1. The van der Waals surface area contributed by atoms with E-state index in [1.807, 2.05) is 12.1 Å². The van der Waals surface area contributed by atoms with E-state index in [0.717, 1.165) is 24.3 Å². The smallest absolute Gasteiger partial charge is 0.124 e. The molecule has 0 amide bonds. The number of ether oxygens (including phenoxy) is 1. The van der Waals surface area contributed by atoms with Gasteiger partial charge in [0.1, 0.15) is 11.5 Å². The monoisotopic (exact) mass is 233 g/mol. The molecule has 0 bridgehead atoms. The quantitative estimate of drug-likeness (QED) is 0.825. The maximum absolute atomic E-state index is 9.58. The van der Waals surface area contributed by atoms with Gasteiger partial charge in [0.2, 0.25) is 0 Å². The lowest BCUT2D eigenvalue weighted by Gasteiger charge is -2.29. The molecule has 1 aliphatic heterocycles. The minimum atomic E-state index is 0.326. The Labute approximate surface area is 102 Å². The largest absolute Gasteiger partial charge is 0.508 e. The lowest BCUT2D eigenvalue weighted by molar-refractivity contribution is 0.243. The molecule has 1 aromatic carbocycles. The molecule has 1 saturated carbocycles. The second-order valence-electron chi connectivity index (χ2n) is 5.06. The number of hydrogen-bond acceptors (Lipinski definition) is 3. The topological polar surface area (TPSA) is 41.5 Å². The average Bonchev–Trinajstić information content (AvgIpc) is 2.83. The number of phenolic OH excluding ortho intramolecular Hbond substituents is 1. The molecule has 0 aromatic heterocycles. The number of nitrogens with one attached hydrogen (secondary N) is 1. The van der Waals surface area contributed by atoms with E-state index in [2.05, 4.69) is 5.32 Å². The zero-order valence-electron chi connectivity index (χ0n) is 9.98. The summed E-state index contributed by atoms with van der Waals surface area (Å²) in [6, 6.07) is 6.38. The summed E-state index contributed by atoms with van der Waals surface area (Å²) in [6.45, 7) is 0.766. The highest BCUT2D eigenvalue weighted by Gasteiger charge is 2.25. The Morgan fingerprint density at radius 2 is 2.00 bits per heavy atom. The van der Waals surface area contributed by atoms with Gasteiger partial charge in [-0.2, -0.15) is 0 Å². The molecule has 2 N–H and O–H groups in total. The number of aromatic hydroxyl groups is 1. The second kappa shape index (κ2) is 4.57. The highest BCUT2D eigenvalue weighted by molar-refractivity contribution is 5.42. The van der Waals surface area contributed by atoms with Crippen LogP contribution in [0.3, 0.4) is 0 Å². The van der Waals surface area contributed by atoms with Gasteiger partial charge in [-0.15, -0.1) is 0 Å². The zero-order chi connectivity index (χ0) is 11.7. The van der Waals surface area contributed by atoms with Gasteiger partial charge < -0.3 is 15.2 Å².